The van der Waals surface area contributed by atoms with Gasteiger partial charge in [-0.1, -0.05) is 18.9 Å². The highest BCUT2D eigenvalue weighted by Gasteiger charge is 2.20. The zero-order valence-corrected chi connectivity index (χ0v) is 16.3. The number of thioether (sulfide) groups is 1. The molecule has 2 rings (SSSR count). The first kappa shape index (κ1) is 19.5. The van der Waals surface area contributed by atoms with Gasteiger partial charge in [0.15, 0.2) is 5.96 Å². The average molecular weight is 437 g/mol. The van der Waals surface area contributed by atoms with E-state index in [9.17, 15) is 4.39 Å². The Morgan fingerprint density at radius 3 is 2.73 bits per heavy atom. The fourth-order valence-corrected chi connectivity index (χ4v) is 2.84. The summed E-state index contributed by atoms with van der Waals surface area (Å²) in [5.41, 5.74) is 2.17. The molecule has 1 saturated carbocycles. The molecule has 22 heavy (non-hydrogen) atoms. The van der Waals surface area contributed by atoms with Crippen molar-refractivity contribution in [2.24, 2.45) is 10.9 Å². The Morgan fingerprint density at radius 1 is 1.32 bits per heavy atom. The van der Waals surface area contributed by atoms with Gasteiger partial charge in [0, 0.05) is 25.9 Å². The number of benzene rings is 1. The van der Waals surface area contributed by atoms with Crippen molar-refractivity contribution in [3.05, 3.63) is 35.1 Å². The zero-order chi connectivity index (χ0) is 15.1. The summed E-state index contributed by atoms with van der Waals surface area (Å²) in [6.07, 6.45) is 6.00. The lowest BCUT2D eigenvalue weighted by atomic mass is 10.1. The minimum Gasteiger partial charge on any atom is -0.356 e. The van der Waals surface area contributed by atoms with Crippen LogP contribution in [0.4, 0.5) is 4.39 Å². The molecule has 1 aromatic carbocycles. The van der Waals surface area contributed by atoms with Crippen molar-refractivity contribution in [1.29, 1.82) is 0 Å². The lowest BCUT2D eigenvalue weighted by Gasteiger charge is -2.14. The first-order valence-corrected chi connectivity index (χ1v) is 8.83. The molecule has 6 heteroatoms. The predicted octanol–water partition coefficient (Wildman–Crippen LogP) is 3.77. The summed E-state index contributed by atoms with van der Waals surface area (Å²) in [7, 11) is 1.78. The normalized spacial score (nSPS) is 14.4. The highest BCUT2D eigenvalue weighted by molar-refractivity contribution is 14.0. The van der Waals surface area contributed by atoms with Crippen molar-refractivity contribution in [3.63, 3.8) is 0 Å². The second kappa shape index (κ2) is 10.3. The number of nitrogens with one attached hydrogen (secondary N) is 2. The minimum absolute atomic E-state index is 0. The Labute approximate surface area is 154 Å². The standard InChI is InChI=1S/C16H24FN3S.HI/c1-18-16(19-8-7-12-3-4-12)20-10-13-5-6-15(17)9-14(13)11-21-2;/h5-6,9,12H,3-4,7-8,10-11H2,1-2H3,(H2,18,19,20);1H. The van der Waals surface area contributed by atoms with Crippen molar-refractivity contribution in [1.82, 2.24) is 10.6 Å². The van der Waals surface area contributed by atoms with Gasteiger partial charge in [-0.05, 0) is 41.9 Å². The summed E-state index contributed by atoms with van der Waals surface area (Å²) in [6.45, 7) is 1.63. The van der Waals surface area contributed by atoms with Crippen LogP contribution >= 0.6 is 35.7 Å². The van der Waals surface area contributed by atoms with E-state index in [-0.39, 0.29) is 29.8 Å². The molecule has 0 atom stereocenters. The third-order valence-electron chi connectivity index (χ3n) is 3.68. The van der Waals surface area contributed by atoms with E-state index in [4.69, 9.17) is 0 Å². The van der Waals surface area contributed by atoms with Gasteiger partial charge in [-0.15, -0.1) is 24.0 Å². The zero-order valence-electron chi connectivity index (χ0n) is 13.2. The monoisotopic (exact) mass is 437 g/mol. The molecule has 0 radical (unpaired) electrons. The summed E-state index contributed by atoms with van der Waals surface area (Å²) in [5.74, 6) is 2.38. The van der Waals surface area contributed by atoms with Crippen LogP contribution in [-0.2, 0) is 12.3 Å². The number of nitrogens with zero attached hydrogens (tertiary/aromatic N) is 1. The molecular formula is C16H25FIN3S. The number of rotatable bonds is 7. The van der Waals surface area contributed by atoms with Crippen molar-refractivity contribution >= 4 is 41.7 Å². The van der Waals surface area contributed by atoms with Crippen LogP contribution in [0, 0.1) is 11.7 Å². The van der Waals surface area contributed by atoms with E-state index in [1.54, 1.807) is 24.9 Å². The Kier molecular flexibility index (Phi) is 9.16. The van der Waals surface area contributed by atoms with E-state index in [0.29, 0.717) is 6.54 Å². The molecular weight excluding hydrogens is 412 g/mol. The summed E-state index contributed by atoms with van der Waals surface area (Å²) in [6, 6.07) is 4.99. The van der Waals surface area contributed by atoms with Gasteiger partial charge in [-0.3, -0.25) is 4.99 Å². The third-order valence-corrected chi connectivity index (χ3v) is 4.28. The largest absolute Gasteiger partial charge is 0.356 e. The fraction of sp³-hybridized carbons (Fsp3) is 0.562. The number of hydrogen-bond donors (Lipinski definition) is 2. The maximum atomic E-state index is 13.3. The van der Waals surface area contributed by atoms with Gasteiger partial charge in [0.2, 0.25) is 0 Å². The van der Waals surface area contributed by atoms with Crippen molar-refractivity contribution < 1.29 is 4.39 Å². The summed E-state index contributed by atoms with van der Waals surface area (Å²) >= 11 is 1.70. The summed E-state index contributed by atoms with van der Waals surface area (Å²) in [5, 5.41) is 6.64. The smallest absolute Gasteiger partial charge is 0.191 e. The van der Waals surface area contributed by atoms with E-state index in [1.807, 2.05) is 12.3 Å². The van der Waals surface area contributed by atoms with Crippen LogP contribution in [-0.4, -0.2) is 25.8 Å². The third kappa shape index (κ3) is 6.73. The first-order chi connectivity index (χ1) is 10.2. The lowest BCUT2D eigenvalue weighted by Crippen LogP contribution is -2.37. The van der Waals surface area contributed by atoms with Crippen LogP contribution in [0.2, 0.25) is 0 Å². The van der Waals surface area contributed by atoms with E-state index in [1.165, 1.54) is 25.3 Å². The van der Waals surface area contributed by atoms with E-state index < -0.39 is 0 Å². The van der Waals surface area contributed by atoms with E-state index >= 15 is 0 Å². The van der Waals surface area contributed by atoms with Gasteiger partial charge in [0.05, 0.1) is 0 Å². The Bertz CT molecular complexity index is 492. The first-order valence-electron chi connectivity index (χ1n) is 7.43. The maximum absolute atomic E-state index is 13.3. The summed E-state index contributed by atoms with van der Waals surface area (Å²) < 4.78 is 13.3. The predicted molar refractivity (Wildman–Crippen MR) is 105 cm³/mol. The molecule has 2 N–H and O–H groups in total. The minimum atomic E-state index is -0.172. The quantitative estimate of drug-likeness (QED) is 0.388. The second-order valence-corrected chi connectivity index (χ2v) is 6.30. The number of halogens is 2. The molecule has 124 valence electrons. The van der Waals surface area contributed by atoms with Gasteiger partial charge >= 0.3 is 0 Å². The molecule has 0 amide bonds. The number of aliphatic imine (C=N–C) groups is 1. The van der Waals surface area contributed by atoms with E-state index in [0.717, 1.165) is 35.3 Å². The lowest BCUT2D eigenvalue weighted by molar-refractivity contribution is 0.625. The fourth-order valence-electron chi connectivity index (χ4n) is 2.26. The van der Waals surface area contributed by atoms with Crippen LogP contribution < -0.4 is 10.6 Å². The molecule has 0 saturated heterocycles. The van der Waals surface area contributed by atoms with Gasteiger partial charge in [-0.25, -0.2) is 4.39 Å². The molecule has 1 fully saturated rings. The Balaban J connectivity index is 0.00000242. The number of guanidine groups is 1. The maximum Gasteiger partial charge on any atom is 0.191 e. The highest BCUT2D eigenvalue weighted by atomic mass is 127. The van der Waals surface area contributed by atoms with Crippen LogP contribution in [0.15, 0.2) is 23.2 Å². The highest BCUT2D eigenvalue weighted by Crippen LogP contribution is 2.31. The van der Waals surface area contributed by atoms with E-state index in [2.05, 4.69) is 15.6 Å². The topological polar surface area (TPSA) is 36.4 Å². The second-order valence-electron chi connectivity index (χ2n) is 5.43. The van der Waals surface area contributed by atoms with Gasteiger partial charge < -0.3 is 10.6 Å². The SMILES string of the molecule is CN=C(NCCC1CC1)NCc1ccc(F)cc1CSC.I. The van der Waals surface area contributed by atoms with Crippen molar-refractivity contribution in [3.8, 4) is 0 Å². The number of hydrogen-bond acceptors (Lipinski definition) is 2. The van der Waals surface area contributed by atoms with Crippen LogP contribution in [0.25, 0.3) is 0 Å². The molecule has 1 aliphatic carbocycles. The molecule has 0 heterocycles. The molecule has 1 aromatic rings. The van der Waals surface area contributed by atoms with Gasteiger partial charge in [-0.2, -0.15) is 11.8 Å². The molecule has 0 bridgehead atoms. The average Bonchev–Trinajstić information content (AvgIpc) is 3.29. The molecule has 0 unspecified atom stereocenters. The van der Waals surface area contributed by atoms with Crippen molar-refractivity contribution in [2.45, 2.75) is 31.6 Å². The van der Waals surface area contributed by atoms with Crippen LogP contribution in [0.3, 0.4) is 0 Å². The summed E-state index contributed by atoms with van der Waals surface area (Å²) in [4.78, 5) is 4.23. The molecule has 0 aliphatic heterocycles. The van der Waals surface area contributed by atoms with Gasteiger partial charge in [0.25, 0.3) is 0 Å². The molecule has 3 nitrogen and oxygen atoms in total. The van der Waals surface area contributed by atoms with Gasteiger partial charge in [0.1, 0.15) is 5.82 Å². The van der Waals surface area contributed by atoms with Crippen molar-refractivity contribution in [2.75, 3.05) is 19.8 Å². The van der Waals surface area contributed by atoms with Crippen LogP contribution in [0.1, 0.15) is 30.4 Å². The molecule has 1 aliphatic rings. The molecule has 0 aromatic heterocycles. The Hall–Kier alpha value is -0.500. The van der Waals surface area contributed by atoms with Crippen LogP contribution in [0.5, 0.6) is 0 Å². The molecule has 0 spiro atoms. The Morgan fingerprint density at radius 2 is 2.09 bits per heavy atom.